The van der Waals surface area contributed by atoms with E-state index in [0.29, 0.717) is 18.5 Å². The number of esters is 1. The number of allylic oxidation sites excluding steroid dienone is 1. The molecule has 0 fully saturated rings. The number of hydrogen-bond donors (Lipinski definition) is 1. The number of amides is 1. The van der Waals surface area contributed by atoms with Crippen LogP contribution in [0.3, 0.4) is 0 Å². The Morgan fingerprint density at radius 1 is 1.24 bits per heavy atom. The number of fused-ring (bicyclic) bond motifs is 1. The molecule has 0 bridgehead atoms. The summed E-state index contributed by atoms with van der Waals surface area (Å²) in [6.07, 6.45) is 1.65. The lowest BCUT2D eigenvalue weighted by Crippen LogP contribution is -2.38. The Balaban J connectivity index is 1.59. The van der Waals surface area contributed by atoms with E-state index in [-0.39, 0.29) is 18.4 Å². The van der Waals surface area contributed by atoms with Crippen LogP contribution in [0.1, 0.15) is 41.8 Å². The van der Waals surface area contributed by atoms with Gasteiger partial charge in [0.15, 0.2) is 5.17 Å². The molecule has 6 nitrogen and oxygen atoms in total. The normalized spacial score (nSPS) is 17.4. The maximum atomic E-state index is 12.9. The molecule has 1 aromatic heterocycles. The highest BCUT2D eigenvalue weighted by atomic mass is 32.2. The van der Waals surface area contributed by atoms with Crippen LogP contribution >= 0.6 is 23.1 Å². The Bertz CT molecular complexity index is 1140. The van der Waals surface area contributed by atoms with Crippen LogP contribution in [-0.2, 0) is 20.7 Å². The molecule has 0 saturated heterocycles. The van der Waals surface area contributed by atoms with Gasteiger partial charge in [0, 0.05) is 17.1 Å². The Morgan fingerprint density at radius 3 is 2.79 bits per heavy atom. The molecule has 1 amide bonds. The number of benzene rings is 1. The summed E-state index contributed by atoms with van der Waals surface area (Å²) in [5, 5.41) is 7.81. The number of methoxy groups -OCH3 is 1. The van der Waals surface area contributed by atoms with Crippen molar-refractivity contribution in [2.45, 2.75) is 39.2 Å². The van der Waals surface area contributed by atoms with Gasteiger partial charge in [-0.1, -0.05) is 54.6 Å². The van der Waals surface area contributed by atoms with E-state index in [1.54, 1.807) is 11.3 Å². The lowest BCUT2D eigenvalue weighted by molar-refractivity contribution is -0.136. The van der Waals surface area contributed by atoms with E-state index >= 15 is 0 Å². The third kappa shape index (κ3) is 5.07. The number of thioether (sulfide) groups is 1. The predicted molar refractivity (Wildman–Crippen MR) is 134 cm³/mol. The Labute approximate surface area is 202 Å². The summed E-state index contributed by atoms with van der Waals surface area (Å²) in [4.78, 5) is 33.7. The van der Waals surface area contributed by atoms with E-state index in [1.165, 1.54) is 23.7 Å². The van der Waals surface area contributed by atoms with E-state index in [4.69, 9.17) is 9.73 Å². The Hall–Kier alpha value is -2.84. The van der Waals surface area contributed by atoms with Crippen molar-refractivity contribution in [1.29, 1.82) is 0 Å². The van der Waals surface area contributed by atoms with Crippen LogP contribution in [0, 0.1) is 6.92 Å². The molecule has 0 spiro atoms. The van der Waals surface area contributed by atoms with E-state index in [1.807, 2.05) is 53.8 Å². The number of aliphatic imine (C=N–C) groups is 1. The van der Waals surface area contributed by atoms with Crippen LogP contribution in [-0.4, -0.2) is 35.6 Å². The van der Waals surface area contributed by atoms with E-state index < -0.39 is 5.97 Å². The molecule has 0 unspecified atom stereocenters. The molecule has 2 aliphatic heterocycles. The van der Waals surface area contributed by atoms with Gasteiger partial charge in [-0.05, 0) is 42.2 Å². The van der Waals surface area contributed by atoms with Gasteiger partial charge in [-0.25, -0.2) is 9.79 Å². The highest BCUT2D eigenvalue weighted by molar-refractivity contribution is 8.16. The SMILES string of the molecule is CCC1=C(C(=O)OC)[C@@H](c2cccc(C)c2)N2C(CC(=O)NCCc3cccs3)=CSC2=N1. The molecule has 0 radical (unpaired) electrons. The van der Waals surface area contributed by atoms with Crippen LogP contribution < -0.4 is 5.32 Å². The fraction of sp³-hybridized carbons (Fsp3) is 0.320. The molecular weight excluding hydrogens is 454 g/mol. The number of nitrogens with one attached hydrogen (secondary N) is 1. The first kappa shape index (κ1) is 23.3. The summed E-state index contributed by atoms with van der Waals surface area (Å²) in [6, 6.07) is 11.8. The van der Waals surface area contributed by atoms with Crippen molar-refractivity contribution in [2.24, 2.45) is 4.99 Å². The zero-order valence-electron chi connectivity index (χ0n) is 19.0. The number of carbonyl (C=O) groups is 2. The molecule has 1 aromatic carbocycles. The smallest absolute Gasteiger partial charge is 0.338 e. The molecule has 1 atom stereocenters. The van der Waals surface area contributed by atoms with Crippen molar-refractivity contribution < 1.29 is 14.3 Å². The number of thiophene rings is 1. The van der Waals surface area contributed by atoms with Gasteiger partial charge in [0.2, 0.25) is 5.91 Å². The van der Waals surface area contributed by atoms with Crippen molar-refractivity contribution in [3.8, 4) is 0 Å². The second-order valence-electron chi connectivity index (χ2n) is 7.87. The number of carbonyl (C=O) groups excluding carboxylic acids is 2. The van der Waals surface area contributed by atoms with Crippen molar-refractivity contribution in [3.05, 3.63) is 80.2 Å². The average Bonchev–Trinajstić information content (AvgIpc) is 3.47. The fourth-order valence-electron chi connectivity index (χ4n) is 4.07. The third-order valence-corrected chi connectivity index (χ3v) is 7.43. The first-order valence-corrected chi connectivity index (χ1v) is 12.7. The fourth-order valence-corrected chi connectivity index (χ4v) is 5.72. The van der Waals surface area contributed by atoms with Crippen molar-refractivity contribution >= 4 is 40.1 Å². The number of amidine groups is 1. The number of nitrogens with zero attached hydrogens (tertiary/aromatic N) is 2. The molecule has 4 rings (SSSR count). The number of hydrogen-bond acceptors (Lipinski definition) is 7. The van der Waals surface area contributed by atoms with Crippen molar-refractivity contribution in [1.82, 2.24) is 10.2 Å². The molecule has 172 valence electrons. The van der Waals surface area contributed by atoms with Gasteiger partial charge in [-0.15, -0.1) is 11.3 Å². The summed E-state index contributed by atoms with van der Waals surface area (Å²) in [5.41, 5.74) is 4.15. The third-order valence-electron chi connectivity index (χ3n) is 5.60. The highest BCUT2D eigenvalue weighted by Crippen LogP contribution is 2.45. The molecule has 1 N–H and O–H groups in total. The summed E-state index contributed by atoms with van der Waals surface area (Å²) < 4.78 is 5.16. The average molecular weight is 482 g/mol. The number of aryl methyl sites for hydroxylation is 1. The quantitative estimate of drug-likeness (QED) is 0.541. The lowest BCUT2D eigenvalue weighted by atomic mass is 9.92. The van der Waals surface area contributed by atoms with Gasteiger partial charge in [0.1, 0.15) is 0 Å². The molecule has 0 saturated carbocycles. The second-order valence-corrected chi connectivity index (χ2v) is 9.74. The molecule has 0 aliphatic carbocycles. The summed E-state index contributed by atoms with van der Waals surface area (Å²) in [6.45, 7) is 4.61. The molecular formula is C25H27N3O3S2. The molecule has 3 heterocycles. The van der Waals surface area contributed by atoms with Gasteiger partial charge < -0.3 is 15.0 Å². The van der Waals surface area contributed by atoms with Gasteiger partial charge >= 0.3 is 5.97 Å². The summed E-state index contributed by atoms with van der Waals surface area (Å²) >= 11 is 3.18. The maximum absolute atomic E-state index is 12.9. The maximum Gasteiger partial charge on any atom is 0.338 e. The van der Waals surface area contributed by atoms with Crippen molar-refractivity contribution in [3.63, 3.8) is 0 Å². The zero-order chi connectivity index (χ0) is 23.4. The highest BCUT2D eigenvalue weighted by Gasteiger charge is 2.41. The van der Waals surface area contributed by atoms with Gasteiger partial charge in [-0.2, -0.15) is 0 Å². The summed E-state index contributed by atoms with van der Waals surface area (Å²) in [7, 11) is 1.39. The topological polar surface area (TPSA) is 71.0 Å². The van der Waals surface area contributed by atoms with Crippen LogP contribution in [0.4, 0.5) is 0 Å². The van der Waals surface area contributed by atoms with Crippen LogP contribution in [0.25, 0.3) is 0 Å². The van der Waals surface area contributed by atoms with E-state index in [2.05, 4.69) is 17.4 Å². The monoisotopic (exact) mass is 481 g/mol. The Kier molecular flexibility index (Phi) is 7.35. The first-order valence-electron chi connectivity index (χ1n) is 10.9. The largest absolute Gasteiger partial charge is 0.466 e. The predicted octanol–water partition coefficient (Wildman–Crippen LogP) is 4.94. The van der Waals surface area contributed by atoms with Crippen LogP contribution in [0.2, 0.25) is 0 Å². The number of rotatable bonds is 8. The minimum absolute atomic E-state index is 0.0486. The number of ether oxygens (including phenoxy) is 1. The van der Waals surface area contributed by atoms with Gasteiger partial charge in [0.05, 0.1) is 30.8 Å². The standard InChI is InChI=1S/C25H27N3O3S2/c1-4-20-22(24(30)31-3)23(17-8-5-7-16(2)13-17)28-18(15-33-25(28)27-20)14-21(29)26-11-10-19-9-6-12-32-19/h5-9,12-13,15,23H,4,10-11,14H2,1-3H3,(H,26,29)/t23-/m1/s1. The molecule has 2 aromatic rings. The second kappa shape index (κ2) is 10.4. The lowest BCUT2D eigenvalue weighted by Gasteiger charge is -2.36. The molecule has 8 heteroatoms. The van der Waals surface area contributed by atoms with E-state index in [0.717, 1.165) is 34.1 Å². The first-order chi connectivity index (χ1) is 16.0. The minimum Gasteiger partial charge on any atom is -0.466 e. The van der Waals surface area contributed by atoms with Crippen LogP contribution in [0.5, 0.6) is 0 Å². The molecule has 33 heavy (non-hydrogen) atoms. The van der Waals surface area contributed by atoms with Crippen LogP contribution in [0.15, 0.2) is 69.1 Å². The zero-order valence-corrected chi connectivity index (χ0v) is 20.6. The van der Waals surface area contributed by atoms with Gasteiger partial charge in [-0.3, -0.25) is 4.79 Å². The minimum atomic E-state index is -0.391. The van der Waals surface area contributed by atoms with E-state index in [9.17, 15) is 9.59 Å². The summed E-state index contributed by atoms with van der Waals surface area (Å²) in [5.74, 6) is -0.440. The van der Waals surface area contributed by atoms with Gasteiger partial charge in [0.25, 0.3) is 0 Å². The molecule has 2 aliphatic rings. The Morgan fingerprint density at radius 2 is 2.09 bits per heavy atom. The van der Waals surface area contributed by atoms with Crippen molar-refractivity contribution in [2.75, 3.05) is 13.7 Å².